The molecule has 1 aromatic rings. The van der Waals surface area contributed by atoms with Gasteiger partial charge in [0.2, 0.25) is 5.91 Å². The maximum atomic E-state index is 11.1. The van der Waals surface area contributed by atoms with E-state index >= 15 is 0 Å². The molecule has 5 nitrogen and oxygen atoms in total. The Kier molecular flexibility index (Phi) is 18.7. The van der Waals surface area contributed by atoms with Gasteiger partial charge in [-0.15, -0.1) is 0 Å². The van der Waals surface area contributed by atoms with Gasteiger partial charge in [0, 0.05) is 33.4 Å². The standard InChI is InChI=1S/C12H24O.C10H12N2O.C5H10.C4H7N/c1-4-11-7-5-6-8-12(11)10(2)9-13-3;1-7-3-9-5-12(8(2)13)6-10(9)11-4-7;1-4-5(2)3;1-2-3-4-5/h10-12H,4-9H2,1-3H3;3-4H,5-6H2,1-2H3;4H,1-3H3;3,5H,2H2,1H3. The van der Waals surface area contributed by atoms with E-state index in [2.05, 4.69) is 50.7 Å². The number of aromatic nitrogens is 1. The van der Waals surface area contributed by atoms with Crippen molar-refractivity contribution in [2.45, 2.75) is 107 Å². The fraction of sp³-hybridized carbons (Fsp3) is 0.677. The highest BCUT2D eigenvalue weighted by molar-refractivity contribution is 5.73. The van der Waals surface area contributed by atoms with Crippen molar-refractivity contribution in [3.63, 3.8) is 0 Å². The van der Waals surface area contributed by atoms with Gasteiger partial charge < -0.3 is 9.64 Å². The van der Waals surface area contributed by atoms with Crippen LogP contribution in [0.25, 0.3) is 0 Å². The summed E-state index contributed by atoms with van der Waals surface area (Å²) in [6.07, 6.45) is 13.7. The van der Waals surface area contributed by atoms with E-state index in [4.69, 9.17) is 10.1 Å². The number of carbonyl (C=O) groups excluding carboxylic acids is 1. The monoisotopic (exact) mass is 499 g/mol. The van der Waals surface area contributed by atoms with Gasteiger partial charge >= 0.3 is 0 Å². The minimum Gasteiger partial charge on any atom is -0.384 e. The molecule has 36 heavy (non-hydrogen) atoms. The number of pyridine rings is 1. The number of hydrogen-bond acceptors (Lipinski definition) is 4. The molecule has 3 rings (SSSR count). The second kappa shape index (κ2) is 19.9. The predicted octanol–water partition coefficient (Wildman–Crippen LogP) is 7.91. The molecule has 1 saturated carbocycles. The molecule has 0 radical (unpaired) electrons. The van der Waals surface area contributed by atoms with Gasteiger partial charge in [-0.1, -0.05) is 64.2 Å². The first-order chi connectivity index (χ1) is 17.1. The summed E-state index contributed by atoms with van der Waals surface area (Å²) in [6, 6.07) is 2.10. The lowest BCUT2D eigenvalue weighted by molar-refractivity contribution is -0.129. The smallest absolute Gasteiger partial charge is 0.220 e. The molecule has 5 heteroatoms. The summed E-state index contributed by atoms with van der Waals surface area (Å²) in [7, 11) is 1.82. The van der Waals surface area contributed by atoms with Gasteiger partial charge in [-0.3, -0.25) is 15.2 Å². The Labute approximate surface area is 221 Å². The number of methoxy groups -OCH3 is 1. The van der Waals surface area contributed by atoms with Gasteiger partial charge in [0.1, 0.15) is 0 Å². The Bertz CT molecular complexity index is 823. The number of hydrogen-bond donors (Lipinski definition) is 1. The number of nitrogens with zero attached hydrogens (tertiary/aromatic N) is 2. The number of amides is 1. The van der Waals surface area contributed by atoms with Crippen molar-refractivity contribution in [1.29, 1.82) is 5.41 Å². The van der Waals surface area contributed by atoms with E-state index in [-0.39, 0.29) is 5.91 Å². The molecule has 1 N–H and O–H groups in total. The third-order valence-corrected chi connectivity index (χ3v) is 6.88. The number of nitrogens with one attached hydrogen (secondary N) is 1. The van der Waals surface area contributed by atoms with Gasteiger partial charge in [-0.2, -0.15) is 0 Å². The van der Waals surface area contributed by atoms with Crippen molar-refractivity contribution in [3.8, 4) is 0 Å². The highest BCUT2D eigenvalue weighted by Crippen LogP contribution is 2.37. The van der Waals surface area contributed by atoms with Gasteiger partial charge in [0.05, 0.1) is 12.2 Å². The maximum Gasteiger partial charge on any atom is 0.220 e. The number of rotatable bonds is 5. The molecule has 1 aliphatic heterocycles. The third kappa shape index (κ3) is 13.8. The molecular weight excluding hydrogens is 446 g/mol. The van der Waals surface area contributed by atoms with E-state index in [0.717, 1.165) is 48.6 Å². The van der Waals surface area contributed by atoms with E-state index in [1.54, 1.807) is 17.9 Å². The zero-order valence-corrected chi connectivity index (χ0v) is 24.6. The van der Waals surface area contributed by atoms with Crippen molar-refractivity contribution >= 4 is 11.8 Å². The highest BCUT2D eigenvalue weighted by atomic mass is 16.5. The largest absolute Gasteiger partial charge is 0.384 e. The Morgan fingerprint density at radius 3 is 2.36 bits per heavy atom. The molecular formula is C31H53N3O2. The van der Waals surface area contributed by atoms with Gasteiger partial charge in [-0.05, 0) is 81.4 Å². The van der Waals surface area contributed by atoms with Crippen LogP contribution in [0.4, 0.5) is 0 Å². The number of aryl methyl sites for hydroxylation is 1. The summed E-state index contributed by atoms with van der Waals surface area (Å²) in [4.78, 5) is 17.2. The fourth-order valence-corrected chi connectivity index (χ4v) is 4.58. The summed E-state index contributed by atoms with van der Waals surface area (Å²) in [5, 5.41) is 6.30. The zero-order chi connectivity index (χ0) is 27.5. The second-order valence-corrected chi connectivity index (χ2v) is 10.2. The minimum absolute atomic E-state index is 0.121. The van der Waals surface area contributed by atoms with Crippen molar-refractivity contribution in [1.82, 2.24) is 9.88 Å². The van der Waals surface area contributed by atoms with Gasteiger partial charge in [0.25, 0.3) is 0 Å². The summed E-state index contributed by atoms with van der Waals surface area (Å²) < 4.78 is 5.25. The lowest BCUT2D eigenvalue weighted by Crippen LogP contribution is -2.27. The zero-order valence-electron chi connectivity index (χ0n) is 24.6. The van der Waals surface area contributed by atoms with Crippen LogP contribution >= 0.6 is 0 Å². The van der Waals surface area contributed by atoms with E-state index in [1.807, 2.05) is 34.1 Å². The lowest BCUT2D eigenvalue weighted by Gasteiger charge is -2.35. The van der Waals surface area contributed by atoms with Crippen LogP contribution in [0.5, 0.6) is 0 Å². The number of carbonyl (C=O) groups is 1. The first kappa shape index (κ1) is 33.8. The molecule has 2 aliphatic rings. The normalized spacial score (nSPS) is 18.4. The quantitative estimate of drug-likeness (QED) is 0.330. The number of ether oxygens (including phenoxy) is 1. The molecule has 0 aromatic carbocycles. The van der Waals surface area contributed by atoms with E-state index < -0.39 is 0 Å². The van der Waals surface area contributed by atoms with Crippen LogP contribution in [0.2, 0.25) is 0 Å². The molecule has 3 atom stereocenters. The predicted molar refractivity (Wildman–Crippen MR) is 153 cm³/mol. The molecule has 3 unspecified atom stereocenters. The summed E-state index contributed by atoms with van der Waals surface area (Å²) in [5.41, 5.74) is 4.77. The van der Waals surface area contributed by atoms with Crippen molar-refractivity contribution in [2.24, 2.45) is 17.8 Å². The van der Waals surface area contributed by atoms with Crippen LogP contribution in [0.3, 0.4) is 0 Å². The number of allylic oxidation sites excluding steroid dienone is 3. The summed E-state index contributed by atoms with van der Waals surface area (Å²) >= 11 is 0. The summed E-state index contributed by atoms with van der Waals surface area (Å²) in [6.45, 7) is 18.8. The molecule has 1 amide bonds. The topological polar surface area (TPSA) is 66.3 Å². The lowest BCUT2D eigenvalue weighted by atomic mass is 9.72. The summed E-state index contributed by atoms with van der Waals surface area (Å²) in [5.74, 6) is 4.92. The van der Waals surface area contributed by atoms with Crippen molar-refractivity contribution in [2.75, 3.05) is 13.7 Å². The SMILES string of the molecule is CC(=O)N1Cc2cc(C)cnc2C1.CC=C(C)C.CCC1CCCCC1C(C)COC.CCC=C=N. The van der Waals surface area contributed by atoms with Crippen LogP contribution in [0.15, 0.2) is 30.0 Å². The molecule has 0 bridgehead atoms. The molecule has 0 spiro atoms. The minimum atomic E-state index is 0.121. The molecule has 1 aromatic heterocycles. The average molecular weight is 500 g/mol. The van der Waals surface area contributed by atoms with E-state index in [9.17, 15) is 4.79 Å². The maximum absolute atomic E-state index is 11.1. The molecule has 204 valence electrons. The van der Waals surface area contributed by atoms with Crippen LogP contribution in [-0.4, -0.2) is 35.4 Å². The van der Waals surface area contributed by atoms with Crippen molar-refractivity contribution in [3.05, 3.63) is 46.8 Å². The second-order valence-electron chi connectivity index (χ2n) is 10.2. The average Bonchev–Trinajstić information content (AvgIpc) is 3.29. The van der Waals surface area contributed by atoms with E-state index in [0.29, 0.717) is 6.54 Å². The fourth-order valence-electron chi connectivity index (χ4n) is 4.58. The Hall–Kier alpha value is -2.23. The molecule has 1 aliphatic carbocycles. The molecule has 1 fully saturated rings. The Morgan fingerprint density at radius 2 is 1.89 bits per heavy atom. The van der Waals surface area contributed by atoms with Crippen LogP contribution in [0, 0.1) is 30.1 Å². The van der Waals surface area contributed by atoms with Crippen molar-refractivity contribution < 1.29 is 9.53 Å². The molecule has 0 saturated heterocycles. The van der Waals surface area contributed by atoms with Crippen LogP contribution in [-0.2, 0) is 22.6 Å². The highest BCUT2D eigenvalue weighted by Gasteiger charge is 2.27. The Balaban J connectivity index is 0.000000501. The molecule has 2 heterocycles. The van der Waals surface area contributed by atoms with Crippen LogP contribution < -0.4 is 0 Å². The first-order valence-corrected chi connectivity index (χ1v) is 13.7. The van der Waals surface area contributed by atoms with E-state index in [1.165, 1.54) is 43.2 Å². The first-order valence-electron chi connectivity index (χ1n) is 13.7. The van der Waals surface area contributed by atoms with Crippen LogP contribution in [0.1, 0.15) is 104 Å². The van der Waals surface area contributed by atoms with Gasteiger partial charge in [0.15, 0.2) is 0 Å². The number of fused-ring (bicyclic) bond motifs is 1. The third-order valence-electron chi connectivity index (χ3n) is 6.88. The Morgan fingerprint density at radius 1 is 1.25 bits per heavy atom. The van der Waals surface area contributed by atoms with Gasteiger partial charge in [-0.25, -0.2) is 0 Å².